The Morgan fingerprint density at radius 3 is 2.45 bits per heavy atom. The number of benzene rings is 2. The Kier molecular flexibility index (Phi) is 5.10. The van der Waals surface area contributed by atoms with Gasteiger partial charge in [-0.25, -0.2) is 8.78 Å². The van der Waals surface area contributed by atoms with E-state index in [-0.39, 0.29) is 16.8 Å². The molecule has 1 unspecified atom stereocenters. The summed E-state index contributed by atoms with van der Waals surface area (Å²) in [5.41, 5.74) is 1.30. The summed E-state index contributed by atoms with van der Waals surface area (Å²) >= 11 is 5.98. The smallest absolute Gasteiger partial charge is 0.142 e. The second-order valence-corrected chi connectivity index (χ2v) is 5.07. The van der Waals surface area contributed by atoms with Gasteiger partial charge in [-0.2, -0.15) is 0 Å². The molecule has 0 aromatic heterocycles. The van der Waals surface area contributed by atoms with Crippen LogP contribution in [0.15, 0.2) is 42.5 Å². The minimum atomic E-state index is -0.444. The minimum Gasteiger partial charge on any atom is -0.319 e. The molecule has 0 amide bonds. The maximum Gasteiger partial charge on any atom is 0.142 e. The van der Waals surface area contributed by atoms with Gasteiger partial charge in [0.05, 0.1) is 5.02 Å². The van der Waals surface area contributed by atoms with E-state index >= 15 is 0 Å². The molecule has 0 aliphatic rings. The molecule has 2 rings (SSSR count). The Morgan fingerprint density at radius 2 is 1.75 bits per heavy atom. The van der Waals surface area contributed by atoms with Gasteiger partial charge in [-0.3, -0.25) is 0 Å². The van der Waals surface area contributed by atoms with Gasteiger partial charge in [-0.1, -0.05) is 41.9 Å². The highest BCUT2D eigenvalue weighted by atomic mass is 35.5. The zero-order valence-electron chi connectivity index (χ0n) is 11.2. The Balaban J connectivity index is 2.31. The molecule has 0 radical (unpaired) electrons. The van der Waals surface area contributed by atoms with Crippen molar-refractivity contribution in [2.24, 2.45) is 0 Å². The van der Waals surface area contributed by atoms with Crippen LogP contribution in [0, 0.1) is 11.6 Å². The van der Waals surface area contributed by atoms with Crippen LogP contribution in [-0.4, -0.2) is 13.6 Å². The first-order valence-electron chi connectivity index (χ1n) is 6.45. The summed E-state index contributed by atoms with van der Waals surface area (Å²) in [5, 5.41) is 3.16. The summed E-state index contributed by atoms with van der Waals surface area (Å²) in [6.45, 7) is 0.591. The number of halogens is 3. The lowest BCUT2D eigenvalue weighted by atomic mass is 9.91. The van der Waals surface area contributed by atoms with Gasteiger partial charge in [-0.15, -0.1) is 0 Å². The molecule has 1 N–H and O–H groups in total. The van der Waals surface area contributed by atoms with Gasteiger partial charge in [0.15, 0.2) is 0 Å². The van der Waals surface area contributed by atoms with E-state index in [0.717, 1.165) is 0 Å². The summed E-state index contributed by atoms with van der Waals surface area (Å²) < 4.78 is 27.4. The first-order valence-corrected chi connectivity index (χ1v) is 6.83. The molecular weight excluding hydrogens is 280 g/mol. The van der Waals surface area contributed by atoms with Gasteiger partial charge in [0.2, 0.25) is 0 Å². The van der Waals surface area contributed by atoms with E-state index < -0.39 is 5.82 Å². The lowest BCUT2D eigenvalue weighted by Crippen LogP contribution is -2.20. The van der Waals surface area contributed by atoms with E-state index in [1.54, 1.807) is 37.4 Å². The topological polar surface area (TPSA) is 12.0 Å². The van der Waals surface area contributed by atoms with Crippen LogP contribution in [-0.2, 0) is 6.42 Å². The van der Waals surface area contributed by atoms with E-state index in [9.17, 15) is 8.78 Å². The molecule has 4 heteroatoms. The van der Waals surface area contributed by atoms with Crippen LogP contribution in [0.25, 0.3) is 0 Å². The Labute approximate surface area is 122 Å². The van der Waals surface area contributed by atoms with Crippen LogP contribution in [0.1, 0.15) is 17.0 Å². The van der Waals surface area contributed by atoms with Gasteiger partial charge < -0.3 is 5.32 Å². The SMILES string of the molecule is CNCC(Cc1cccc(F)c1Cl)c1ccccc1F. The monoisotopic (exact) mass is 295 g/mol. The third kappa shape index (κ3) is 3.35. The molecule has 2 aromatic rings. The highest BCUT2D eigenvalue weighted by Crippen LogP contribution is 2.28. The number of nitrogens with one attached hydrogen (secondary N) is 1. The summed E-state index contributed by atoms with van der Waals surface area (Å²) in [7, 11) is 1.81. The maximum absolute atomic E-state index is 13.9. The fourth-order valence-electron chi connectivity index (χ4n) is 2.32. The van der Waals surface area contributed by atoms with Crippen LogP contribution in [0.3, 0.4) is 0 Å². The fourth-order valence-corrected chi connectivity index (χ4v) is 2.52. The van der Waals surface area contributed by atoms with Crippen molar-refractivity contribution in [3.05, 3.63) is 70.2 Å². The van der Waals surface area contributed by atoms with Crippen molar-refractivity contribution in [3.63, 3.8) is 0 Å². The molecule has 0 saturated heterocycles. The lowest BCUT2D eigenvalue weighted by Gasteiger charge is -2.18. The highest BCUT2D eigenvalue weighted by Gasteiger charge is 2.17. The van der Waals surface area contributed by atoms with Crippen LogP contribution in [0.5, 0.6) is 0 Å². The van der Waals surface area contributed by atoms with Crippen molar-refractivity contribution < 1.29 is 8.78 Å². The average molecular weight is 296 g/mol. The molecule has 0 spiro atoms. The third-order valence-electron chi connectivity index (χ3n) is 3.29. The van der Waals surface area contributed by atoms with Crippen molar-refractivity contribution >= 4 is 11.6 Å². The molecule has 1 nitrogen and oxygen atoms in total. The molecule has 0 fully saturated rings. The Bertz CT molecular complexity index is 586. The minimum absolute atomic E-state index is 0.0968. The third-order valence-corrected chi connectivity index (χ3v) is 3.72. The summed E-state index contributed by atoms with van der Waals surface area (Å²) in [5.74, 6) is -0.790. The Hall–Kier alpha value is -1.45. The zero-order valence-corrected chi connectivity index (χ0v) is 11.9. The first kappa shape index (κ1) is 14.9. The maximum atomic E-state index is 13.9. The number of hydrogen-bond acceptors (Lipinski definition) is 1. The first-order chi connectivity index (χ1) is 9.63. The van der Waals surface area contributed by atoms with E-state index in [4.69, 9.17) is 11.6 Å². The molecule has 2 aromatic carbocycles. The zero-order chi connectivity index (χ0) is 14.5. The second-order valence-electron chi connectivity index (χ2n) is 4.69. The van der Waals surface area contributed by atoms with Crippen LogP contribution < -0.4 is 5.32 Å². The summed E-state index contributed by atoms with van der Waals surface area (Å²) in [6.07, 6.45) is 0.484. The molecule has 1 atom stereocenters. The quantitative estimate of drug-likeness (QED) is 0.873. The van der Waals surface area contributed by atoms with Gasteiger partial charge in [0, 0.05) is 12.5 Å². The van der Waals surface area contributed by atoms with E-state index in [0.29, 0.717) is 24.1 Å². The lowest BCUT2D eigenvalue weighted by molar-refractivity contribution is 0.554. The van der Waals surface area contributed by atoms with E-state index in [2.05, 4.69) is 5.32 Å². The predicted octanol–water partition coefficient (Wildman–Crippen LogP) is 4.16. The van der Waals surface area contributed by atoms with Crippen LogP contribution in [0.2, 0.25) is 5.02 Å². The van der Waals surface area contributed by atoms with Crippen molar-refractivity contribution in [2.45, 2.75) is 12.3 Å². The number of rotatable bonds is 5. The van der Waals surface area contributed by atoms with Gasteiger partial charge in [-0.05, 0) is 36.7 Å². The van der Waals surface area contributed by atoms with Crippen molar-refractivity contribution in [1.82, 2.24) is 5.32 Å². The predicted molar refractivity (Wildman–Crippen MR) is 78.2 cm³/mol. The Morgan fingerprint density at radius 1 is 1.05 bits per heavy atom. The average Bonchev–Trinajstić information content (AvgIpc) is 2.44. The normalized spacial score (nSPS) is 12.4. The molecule has 0 saturated carbocycles. The standard InChI is InChI=1S/C16H16ClF2N/c1-20-10-12(13-6-2-3-7-14(13)18)9-11-5-4-8-15(19)16(11)17/h2-8,12,20H,9-10H2,1H3. The molecule has 0 bridgehead atoms. The number of likely N-dealkylation sites (N-methyl/N-ethyl adjacent to an activating group) is 1. The van der Waals surface area contributed by atoms with Crippen molar-refractivity contribution in [1.29, 1.82) is 0 Å². The van der Waals surface area contributed by atoms with Crippen molar-refractivity contribution in [2.75, 3.05) is 13.6 Å². The van der Waals surface area contributed by atoms with E-state index in [1.807, 2.05) is 0 Å². The van der Waals surface area contributed by atoms with E-state index in [1.165, 1.54) is 12.1 Å². The molecule has 20 heavy (non-hydrogen) atoms. The van der Waals surface area contributed by atoms with Crippen LogP contribution >= 0.6 is 11.6 Å². The largest absolute Gasteiger partial charge is 0.319 e. The van der Waals surface area contributed by atoms with Crippen molar-refractivity contribution in [3.8, 4) is 0 Å². The molecule has 106 valence electrons. The highest BCUT2D eigenvalue weighted by molar-refractivity contribution is 6.31. The number of hydrogen-bond donors (Lipinski definition) is 1. The summed E-state index contributed by atoms with van der Waals surface area (Å²) in [6, 6.07) is 11.4. The molecular formula is C16H16ClF2N. The molecule has 0 heterocycles. The van der Waals surface area contributed by atoms with Gasteiger partial charge in [0.25, 0.3) is 0 Å². The van der Waals surface area contributed by atoms with Crippen LogP contribution in [0.4, 0.5) is 8.78 Å². The second kappa shape index (κ2) is 6.82. The molecule has 0 aliphatic heterocycles. The fraction of sp³-hybridized carbons (Fsp3) is 0.250. The summed E-state index contributed by atoms with van der Waals surface area (Å²) in [4.78, 5) is 0. The van der Waals surface area contributed by atoms with Gasteiger partial charge >= 0.3 is 0 Å². The molecule has 0 aliphatic carbocycles. The van der Waals surface area contributed by atoms with Gasteiger partial charge in [0.1, 0.15) is 11.6 Å².